The third kappa shape index (κ3) is 4.70. The van der Waals surface area contributed by atoms with Gasteiger partial charge in [0.15, 0.2) is 0 Å². The quantitative estimate of drug-likeness (QED) is 0.394. The highest BCUT2D eigenvalue weighted by Crippen LogP contribution is 1.83. The second-order valence-electron chi connectivity index (χ2n) is 1.55. The summed E-state index contributed by atoms with van der Waals surface area (Å²) < 4.78 is 0. The average Bonchev–Trinajstić information content (AvgIpc) is 1.38. The molecule has 0 aromatic carbocycles. The number of hydrogen-bond donors (Lipinski definition) is 0. The van der Waals surface area contributed by atoms with Gasteiger partial charge in [-0.25, -0.2) is 0 Å². The lowest BCUT2D eigenvalue weighted by Gasteiger charge is -1.86. The Balaban J connectivity index is 2.54. The van der Waals surface area contributed by atoms with Crippen LogP contribution in [0.1, 0.15) is 0 Å². The number of halogens is 1. The molecule has 0 bridgehead atoms. The van der Waals surface area contributed by atoms with Gasteiger partial charge in [0.05, 0.1) is 0 Å². The van der Waals surface area contributed by atoms with Gasteiger partial charge in [0.25, 0.3) is 0 Å². The summed E-state index contributed by atoms with van der Waals surface area (Å²) in [5.41, 5.74) is 0. The zero-order chi connectivity index (χ0) is 4.28. The van der Waals surface area contributed by atoms with Crippen molar-refractivity contribution in [2.75, 3.05) is 4.95 Å². The largest absolute Gasteiger partial charge is 0.0965 e. The van der Waals surface area contributed by atoms with Gasteiger partial charge in [-0.3, -0.25) is 0 Å². The van der Waals surface area contributed by atoms with Crippen LogP contribution in [-0.2, 0) is 0 Å². The predicted octanol–water partition coefficient (Wildman–Crippen LogP) is 1.41. The molecular weight excluding hydrogens is 144 g/mol. The van der Waals surface area contributed by atoms with Crippen molar-refractivity contribution < 1.29 is 0 Å². The van der Waals surface area contributed by atoms with Crippen LogP contribution >= 0.6 is 15.9 Å². The molecule has 0 unspecified atom stereocenters. The van der Waals surface area contributed by atoms with Crippen molar-refractivity contribution in [3.05, 3.63) is 0 Å². The maximum atomic E-state index is 3.38. The van der Waals surface area contributed by atoms with E-state index in [4.69, 9.17) is 0 Å². The summed E-state index contributed by atoms with van der Waals surface area (Å²) in [6.45, 7) is 4.63. The fourth-order valence-corrected chi connectivity index (χ4v) is 0. The Morgan fingerprint density at radius 1 is 1.60 bits per heavy atom. The van der Waals surface area contributed by atoms with Crippen molar-refractivity contribution in [1.82, 2.24) is 0 Å². The van der Waals surface area contributed by atoms with Crippen LogP contribution in [0.5, 0.6) is 0 Å². The van der Waals surface area contributed by atoms with Gasteiger partial charge in [0.1, 0.15) is 0 Å². The highest BCUT2D eigenvalue weighted by Gasteiger charge is 1.84. The first kappa shape index (κ1) is 5.70. The van der Waals surface area contributed by atoms with Crippen molar-refractivity contribution in [3.63, 3.8) is 0 Å². The topological polar surface area (TPSA) is 0 Å². The minimum Gasteiger partial charge on any atom is -0.0965 e. The fraction of sp³-hybridized carbons (Fsp3) is 1.00. The first-order valence-corrected chi connectivity index (χ1v) is 6.08. The standard InChI is InChI=1S/C3H9BrSi/c1-5(2)3-4/h5H,3H2,1-2H3. The number of hydrogen-bond acceptors (Lipinski definition) is 0. The first-order valence-electron chi connectivity index (χ1n) is 1.83. The van der Waals surface area contributed by atoms with Crippen LogP contribution in [0.2, 0.25) is 13.1 Å². The second kappa shape index (κ2) is 2.91. The van der Waals surface area contributed by atoms with Gasteiger partial charge < -0.3 is 0 Å². The Hall–Kier alpha value is 0.697. The molecule has 0 aliphatic carbocycles. The maximum absolute atomic E-state index is 3.38. The molecule has 0 atom stereocenters. The van der Waals surface area contributed by atoms with E-state index >= 15 is 0 Å². The fourth-order valence-electron chi connectivity index (χ4n) is 0. The molecule has 0 saturated carbocycles. The third-order valence-electron chi connectivity index (χ3n) is 0.309. The molecule has 0 nitrogen and oxygen atoms in total. The van der Waals surface area contributed by atoms with Gasteiger partial charge in [-0.2, -0.15) is 0 Å². The average molecular weight is 153 g/mol. The molecule has 0 rings (SSSR count). The van der Waals surface area contributed by atoms with Crippen LogP contribution in [0.3, 0.4) is 0 Å². The third-order valence-corrected chi connectivity index (χ3v) is 4.81. The van der Waals surface area contributed by atoms with Crippen LogP contribution in [0.25, 0.3) is 0 Å². The second-order valence-corrected chi connectivity index (χ2v) is 6.59. The van der Waals surface area contributed by atoms with Gasteiger partial charge >= 0.3 is 0 Å². The van der Waals surface area contributed by atoms with Crippen molar-refractivity contribution in [3.8, 4) is 0 Å². The molecule has 0 fully saturated rings. The Bertz CT molecular complexity index is 20.9. The maximum Gasteiger partial charge on any atom is 0.0426 e. The minimum atomic E-state index is -0.233. The Morgan fingerprint density at radius 3 is 1.80 bits per heavy atom. The molecule has 0 N–H and O–H groups in total. The molecule has 0 aliphatic heterocycles. The van der Waals surface area contributed by atoms with Gasteiger partial charge in [-0.15, -0.1) is 0 Å². The molecule has 2 heteroatoms. The van der Waals surface area contributed by atoms with E-state index in [2.05, 4.69) is 29.0 Å². The summed E-state index contributed by atoms with van der Waals surface area (Å²) in [5.74, 6) is 0. The first-order chi connectivity index (χ1) is 2.27. The number of alkyl halides is 1. The summed E-state index contributed by atoms with van der Waals surface area (Å²) >= 11 is 3.38. The van der Waals surface area contributed by atoms with Gasteiger partial charge in [0, 0.05) is 8.80 Å². The van der Waals surface area contributed by atoms with Crippen LogP contribution in [0, 0.1) is 0 Å². The van der Waals surface area contributed by atoms with E-state index in [-0.39, 0.29) is 8.80 Å². The summed E-state index contributed by atoms with van der Waals surface area (Å²) in [7, 11) is -0.233. The van der Waals surface area contributed by atoms with Crippen LogP contribution in [0.4, 0.5) is 0 Å². The molecule has 0 spiro atoms. The molecule has 0 aromatic heterocycles. The van der Waals surface area contributed by atoms with Crippen LogP contribution in [0.15, 0.2) is 0 Å². The molecule has 5 heavy (non-hydrogen) atoms. The summed E-state index contributed by atoms with van der Waals surface area (Å²) in [5, 5.41) is 0. The highest BCUT2D eigenvalue weighted by molar-refractivity contribution is 9.09. The van der Waals surface area contributed by atoms with Gasteiger partial charge in [-0.1, -0.05) is 29.0 Å². The molecule has 0 amide bonds. The minimum absolute atomic E-state index is 0.233. The summed E-state index contributed by atoms with van der Waals surface area (Å²) in [6, 6.07) is 0. The normalized spacial score (nSPS) is 9.60. The molecular formula is C3H9BrSi. The van der Waals surface area contributed by atoms with Crippen molar-refractivity contribution >= 4 is 24.7 Å². The van der Waals surface area contributed by atoms with Gasteiger partial charge in [-0.05, 0) is 4.95 Å². The zero-order valence-corrected chi connectivity index (χ0v) is 6.40. The molecule has 0 radical (unpaired) electrons. The zero-order valence-electron chi connectivity index (χ0n) is 3.66. The van der Waals surface area contributed by atoms with Gasteiger partial charge in [0.2, 0.25) is 0 Å². The van der Waals surface area contributed by atoms with E-state index < -0.39 is 0 Å². The van der Waals surface area contributed by atoms with Crippen LogP contribution < -0.4 is 0 Å². The van der Waals surface area contributed by atoms with E-state index in [0.717, 1.165) is 0 Å². The summed E-state index contributed by atoms with van der Waals surface area (Å²) in [4.78, 5) is 1.26. The lowest BCUT2D eigenvalue weighted by Crippen LogP contribution is -1.99. The Labute approximate surface area is 43.3 Å². The lowest BCUT2D eigenvalue weighted by molar-refractivity contribution is 1.89. The Morgan fingerprint density at radius 2 is 1.80 bits per heavy atom. The van der Waals surface area contributed by atoms with Crippen molar-refractivity contribution in [1.29, 1.82) is 0 Å². The smallest absolute Gasteiger partial charge is 0.0426 e. The van der Waals surface area contributed by atoms with E-state index in [1.807, 2.05) is 0 Å². The molecule has 0 saturated heterocycles. The van der Waals surface area contributed by atoms with E-state index in [1.54, 1.807) is 0 Å². The predicted molar refractivity (Wildman–Crippen MR) is 32.7 cm³/mol. The highest BCUT2D eigenvalue weighted by atomic mass is 79.9. The molecule has 0 aliphatic rings. The van der Waals surface area contributed by atoms with Crippen molar-refractivity contribution in [2.24, 2.45) is 0 Å². The van der Waals surface area contributed by atoms with E-state index in [1.165, 1.54) is 4.95 Å². The van der Waals surface area contributed by atoms with Crippen molar-refractivity contribution in [2.45, 2.75) is 13.1 Å². The molecule has 0 heterocycles. The SMILES string of the molecule is C[SiH](C)CBr. The summed E-state index contributed by atoms with van der Waals surface area (Å²) in [6.07, 6.45) is 0. The molecule has 32 valence electrons. The lowest BCUT2D eigenvalue weighted by atomic mass is 11.8. The Kier molecular flexibility index (Phi) is 3.32. The van der Waals surface area contributed by atoms with Crippen LogP contribution in [-0.4, -0.2) is 13.8 Å². The van der Waals surface area contributed by atoms with E-state index in [9.17, 15) is 0 Å². The number of rotatable bonds is 1. The molecule has 0 aromatic rings. The van der Waals surface area contributed by atoms with E-state index in [0.29, 0.717) is 0 Å². The monoisotopic (exact) mass is 152 g/mol.